The first-order chi connectivity index (χ1) is 22.3. The number of nitrogens with one attached hydrogen (secondary N) is 1. The Kier molecular flexibility index (Phi) is 9.87. The third kappa shape index (κ3) is 7.57. The Labute approximate surface area is 273 Å². The number of piperazine rings is 1. The molecule has 0 saturated carbocycles. The highest BCUT2D eigenvalue weighted by atomic mass is 19.3. The molecule has 1 N–H and O–H groups in total. The van der Waals surface area contributed by atoms with Crippen LogP contribution in [-0.4, -0.2) is 88.6 Å². The molecule has 1 unspecified atom stereocenters. The monoisotopic (exact) mass is 652 g/mol. The van der Waals surface area contributed by atoms with Crippen molar-refractivity contribution in [3.8, 4) is 5.75 Å². The lowest BCUT2D eigenvalue weighted by Gasteiger charge is -2.42. The van der Waals surface area contributed by atoms with Crippen LogP contribution in [0.2, 0.25) is 0 Å². The number of anilines is 2. The number of fused-ring (bicyclic) bond motifs is 1. The number of alkyl halides is 2. The first kappa shape index (κ1) is 33.9. The van der Waals surface area contributed by atoms with Crippen LogP contribution < -0.4 is 10.1 Å². The summed E-state index contributed by atoms with van der Waals surface area (Å²) >= 11 is 0. The number of aromatic nitrogens is 3. The Morgan fingerprint density at radius 3 is 2.53 bits per heavy atom. The van der Waals surface area contributed by atoms with Crippen molar-refractivity contribution in [1.82, 2.24) is 24.1 Å². The minimum Gasteiger partial charge on any atom is -0.496 e. The summed E-state index contributed by atoms with van der Waals surface area (Å²) in [5, 5.41) is 8.31. The van der Waals surface area contributed by atoms with E-state index in [1.165, 1.54) is 11.7 Å². The maximum atomic E-state index is 13.6. The average molecular weight is 653 g/mol. The maximum absolute atomic E-state index is 13.6. The molecule has 0 amide bonds. The molecule has 1 aliphatic heterocycles. The molecule has 2 aromatic heterocycles. The highest BCUT2D eigenvalue weighted by Crippen LogP contribution is 2.37. The number of carbonyl (C=O) groups excluding carboxylic acids is 2. The lowest BCUT2D eigenvalue weighted by atomic mass is 9.97. The van der Waals surface area contributed by atoms with Gasteiger partial charge in [-0.1, -0.05) is 6.07 Å². The Morgan fingerprint density at radius 1 is 1.13 bits per heavy atom. The molecule has 4 aromatic rings. The molecule has 13 heteroatoms. The van der Waals surface area contributed by atoms with Crippen molar-refractivity contribution in [1.29, 1.82) is 0 Å². The second-order valence-electron chi connectivity index (χ2n) is 12.8. The van der Waals surface area contributed by atoms with Crippen LogP contribution in [0.1, 0.15) is 53.9 Å². The molecule has 5 rings (SSSR count). The van der Waals surface area contributed by atoms with Crippen LogP contribution in [-0.2, 0) is 23.1 Å². The standard InChI is InChI=1S/C34H42F2N6O5/c1-21-14-29(45-6)26(24-10-11-42(31(21)24)33(44)47-34(2,3)4)18-41-13-12-40(20-30(35)36)19-28(41)22-8-9-25(32(43)46-7)27(15-22)38-23-16-37-39(5)17-23/h8-11,14-17,28,30,38H,12-13,18-20H2,1-7H3. The second-order valence-corrected chi connectivity index (χ2v) is 12.8. The number of ether oxygens (including phenoxy) is 3. The van der Waals surface area contributed by atoms with Crippen LogP contribution in [0, 0.1) is 6.92 Å². The van der Waals surface area contributed by atoms with E-state index in [9.17, 15) is 18.4 Å². The second kappa shape index (κ2) is 13.7. The smallest absolute Gasteiger partial charge is 0.419 e. The van der Waals surface area contributed by atoms with E-state index in [0.29, 0.717) is 54.4 Å². The number of nitrogens with zero attached hydrogens (tertiary/aromatic N) is 5. The van der Waals surface area contributed by atoms with Crippen molar-refractivity contribution >= 4 is 34.3 Å². The van der Waals surface area contributed by atoms with Crippen LogP contribution in [0.3, 0.4) is 0 Å². The topological polar surface area (TPSA) is 103 Å². The zero-order chi connectivity index (χ0) is 34.0. The lowest BCUT2D eigenvalue weighted by molar-refractivity contribution is 0.0245. The predicted octanol–water partition coefficient (Wildman–Crippen LogP) is 6.13. The highest BCUT2D eigenvalue weighted by molar-refractivity contribution is 5.97. The molecule has 47 heavy (non-hydrogen) atoms. The van der Waals surface area contributed by atoms with Crippen molar-refractivity contribution in [2.75, 3.05) is 45.7 Å². The Balaban J connectivity index is 1.56. The van der Waals surface area contributed by atoms with Crippen LogP contribution in [0.4, 0.5) is 25.0 Å². The molecule has 1 aliphatic rings. The van der Waals surface area contributed by atoms with Gasteiger partial charge in [-0.3, -0.25) is 19.0 Å². The third-order valence-electron chi connectivity index (χ3n) is 8.19. The fourth-order valence-corrected chi connectivity index (χ4v) is 6.12. The van der Waals surface area contributed by atoms with E-state index < -0.39 is 24.1 Å². The zero-order valence-corrected chi connectivity index (χ0v) is 27.8. The molecule has 1 fully saturated rings. The number of carbonyl (C=O) groups is 2. The van der Waals surface area contributed by atoms with Gasteiger partial charge in [0.05, 0.1) is 49.4 Å². The molecule has 0 spiro atoms. The number of aryl methyl sites for hydroxylation is 2. The summed E-state index contributed by atoms with van der Waals surface area (Å²) in [7, 11) is 4.72. The highest BCUT2D eigenvalue weighted by Gasteiger charge is 2.32. The van der Waals surface area contributed by atoms with E-state index in [0.717, 1.165) is 22.1 Å². The number of methoxy groups -OCH3 is 2. The summed E-state index contributed by atoms with van der Waals surface area (Å²) in [5.41, 5.74) is 4.11. The molecule has 3 heterocycles. The Morgan fingerprint density at radius 2 is 1.89 bits per heavy atom. The van der Waals surface area contributed by atoms with E-state index in [2.05, 4.69) is 15.3 Å². The first-order valence-electron chi connectivity index (χ1n) is 15.4. The van der Waals surface area contributed by atoms with Crippen molar-refractivity contribution in [2.45, 2.75) is 52.3 Å². The molecule has 0 aliphatic carbocycles. The fraction of sp³-hybridized carbons (Fsp3) is 0.441. The van der Waals surface area contributed by atoms with E-state index in [-0.39, 0.29) is 12.6 Å². The summed E-state index contributed by atoms with van der Waals surface area (Å²) in [5.74, 6) is 0.148. The molecule has 1 saturated heterocycles. The number of hydrogen-bond donors (Lipinski definition) is 1. The molecule has 2 aromatic carbocycles. The number of hydrogen-bond acceptors (Lipinski definition) is 9. The molecule has 0 radical (unpaired) electrons. The SMILES string of the molecule is COC(=O)c1ccc(C2CN(CC(F)F)CCN2Cc2c(OC)cc(C)c3c2ccn3C(=O)OC(C)(C)C)cc1Nc1cnn(C)c1. The summed E-state index contributed by atoms with van der Waals surface area (Å²) in [6, 6.07) is 8.86. The van der Waals surface area contributed by atoms with Crippen LogP contribution in [0.5, 0.6) is 5.75 Å². The van der Waals surface area contributed by atoms with Crippen LogP contribution in [0.15, 0.2) is 48.9 Å². The van der Waals surface area contributed by atoms with Crippen LogP contribution in [0.25, 0.3) is 10.9 Å². The number of halogens is 2. The lowest BCUT2D eigenvalue weighted by Crippen LogP contribution is -2.49. The van der Waals surface area contributed by atoms with E-state index in [1.807, 2.05) is 52.0 Å². The van der Waals surface area contributed by atoms with E-state index in [1.54, 1.807) is 48.4 Å². The summed E-state index contributed by atoms with van der Waals surface area (Å²) < 4.78 is 46.9. The number of rotatable bonds is 9. The minimum absolute atomic E-state index is 0.322. The van der Waals surface area contributed by atoms with Gasteiger partial charge in [-0.15, -0.1) is 0 Å². The van der Waals surface area contributed by atoms with Gasteiger partial charge in [0.1, 0.15) is 11.4 Å². The Hall–Kier alpha value is -4.49. The summed E-state index contributed by atoms with van der Waals surface area (Å²) in [6.45, 7) is 8.72. The predicted molar refractivity (Wildman–Crippen MR) is 175 cm³/mol. The molecule has 11 nitrogen and oxygen atoms in total. The van der Waals surface area contributed by atoms with Crippen molar-refractivity contribution < 1.29 is 32.6 Å². The minimum atomic E-state index is -2.48. The normalized spacial score (nSPS) is 16.1. The van der Waals surface area contributed by atoms with Gasteiger partial charge in [0.25, 0.3) is 6.43 Å². The molecular formula is C34H42F2N6O5. The largest absolute Gasteiger partial charge is 0.496 e. The van der Waals surface area contributed by atoms with Gasteiger partial charge in [-0.25, -0.2) is 18.4 Å². The average Bonchev–Trinajstić information content (AvgIpc) is 3.64. The maximum Gasteiger partial charge on any atom is 0.419 e. The molecule has 0 bridgehead atoms. The van der Waals surface area contributed by atoms with Gasteiger partial charge in [0.15, 0.2) is 0 Å². The van der Waals surface area contributed by atoms with Gasteiger partial charge in [-0.05, 0) is 63.1 Å². The van der Waals surface area contributed by atoms with Gasteiger partial charge in [0, 0.05) is 62.6 Å². The summed E-state index contributed by atoms with van der Waals surface area (Å²) in [4.78, 5) is 29.8. The quantitative estimate of drug-likeness (QED) is 0.214. The first-order valence-corrected chi connectivity index (χ1v) is 15.4. The van der Waals surface area contributed by atoms with Crippen LogP contribution >= 0.6 is 0 Å². The Bertz CT molecular complexity index is 1760. The van der Waals surface area contributed by atoms with Gasteiger partial charge in [-0.2, -0.15) is 5.10 Å². The zero-order valence-electron chi connectivity index (χ0n) is 27.8. The number of esters is 1. The fourth-order valence-electron chi connectivity index (χ4n) is 6.12. The van der Waals surface area contributed by atoms with Gasteiger partial charge in [0.2, 0.25) is 0 Å². The number of benzene rings is 2. The molecule has 252 valence electrons. The van der Waals surface area contributed by atoms with E-state index >= 15 is 0 Å². The third-order valence-corrected chi connectivity index (χ3v) is 8.19. The van der Waals surface area contributed by atoms with E-state index in [4.69, 9.17) is 14.2 Å². The van der Waals surface area contributed by atoms with Crippen molar-refractivity contribution in [3.63, 3.8) is 0 Å². The van der Waals surface area contributed by atoms with Gasteiger partial charge < -0.3 is 19.5 Å². The van der Waals surface area contributed by atoms with Crippen molar-refractivity contribution in [3.05, 3.63) is 71.2 Å². The van der Waals surface area contributed by atoms with Gasteiger partial charge >= 0.3 is 12.1 Å². The molecule has 1 atom stereocenters. The molecular weight excluding hydrogens is 610 g/mol. The summed E-state index contributed by atoms with van der Waals surface area (Å²) in [6.07, 6.45) is 2.17. The van der Waals surface area contributed by atoms with Crippen molar-refractivity contribution in [2.24, 2.45) is 7.05 Å².